The number of aliphatic hydroxyl groups excluding tert-OH is 2. The average molecular weight is 455 g/mol. The number of carbonyl (C=O) groups excluding carboxylic acids is 2. The predicted molar refractivity (Wildman–Crippen MR) is 128 cm³/mol. The minimum Gasteiger partial charge on any atom is -0.489 e. The molecule has 7 nitrogen and oxygen atoms in total. The highest BCUT2D eigenvalue weighted by atomic mass is 16.5. The Balaban J connectivity index is 1.86. The molecule has 0 aliphatic carbocycles. The summed E-state index contributed by atoms with van der Waals surface area (Å²) in [7, 11) is 0. The molecule has 0 saturated carbocycles. The third-order valence-corrected chi connectivity index (χ3v) is 5.16. The van der Waals surface area contributed by atoms with E-state index in [1.807, 2.05) is 54.6 Å². The third kappa shape index (κ3) is 9.47. The molecule has 4 N–H and O–H groups in total. The fourth-order valence-electron chi connectivity index (χ4n) is 3.31. The Kier molecular flexibility index (Phi) is 11.1. The molecule has 178 valence electrons. The predicted octanol–water partition coefficient (Wildman–Crippen LogP) is 2.36. The van der Waals surface area contributed by atoms with Gasteiger partial charge in [0.25, 0.3) is 0 Å². The maximum absolute atomic E-state index is 12.5. The molecule has 7 heteroatoms. The SMILES string of the molecule is C=CCC(CC(=O)NC(CO)Cc1ccc(OCc2ccccc2)cc1)C(=O)NC(C)CO. The highest BCUT2D eigenvalue weighted by Crippen LogP contribution is 2.16. The van der Waals surface area contributed by atoms with E-state index in [9.17, 15) is 14.7 Å². The van der Waals surface area contributed by atoms with Crippen LogP contribution in [0.25, 0.3) is 0 Å². The summed E-state index contributed by atoms with van der Waals surface area (Å²) in [6.07, 6.45) is 2.34. The molecule has 0 spiro atoms. The van der Waals surface area contributed by atoms with E-state index in [2.05, 4.69) is 17.2 Å². The van der Waals surface area contributed by atoms with Crippen LogP contribution >= 0.6 is 0 Å². The van der Waals surface area contributed by atoms with Crippen molar-refractivity contribution in [1.82, 2.24) is 10.6 Å². The Morgan fingerprint density at radius 2 is 1.70 bits per heavy atom. The molecule has 0 aliphatic rings. The van der Waals surface area contributed by atoms with Gasteiger partial charge in [0.1, 0.15) is 12.4 Å². The van der Waals surface area contributed by atoms with E-state index in [4.69, 9.17) is 9.84 Å². The number of aliphatic hydroxyl groups is 2. The quantitative estimate of drug-likeness (QED) is 0.328. The Morgan fingerprint density at radius 1 is 1.00 bits per heavy atom. The summed E-state index contributed by atoms with van der Waals surface area (Å²) >= 11 is 0. The van der Waals surface area contributed by atoms with Crippen LogP contribution in [-0.4, -0.2) is 47.3 Å². The van der Waals surface area contributed by atoms with Crippen molar-refractivity contribution >= 4 is 11.8 Å². The fraction of sp³-hybridized carbons (Fsp3) is 0.385. The monoisotopic (exact) mass is 454 g/mol. The Labute approximate surface area is 195 Å². The van der Waals surface area contributed by atoms with Crippen molar-refractivity contribution in [2.75, 3.05) is 13.2 Å². The topological polar surface area (TPSA) is 108 Å². The zero-order valence-electron chi connectivity index (χ0n) is 19.1. The van der Waals surface area contributed by atoms with Gasteiger partial charge in [0, 0.05) is 12.5 Å². The summed E-state index contributed by atoms with van der Waals surface area (Å²) in [6, 6.07) is 16.6. The van der Waals surface area contributed by atoms with Crippen molar-refractivity contribution in [2.24, 2.45) is 5.92 Å². The van der Waals surface area contributed by atoms with E-state index in [1.165, 1.54) is 0 Å². The number of hydrogen-bond donors (Lipinski definition) is 4. The Hall–Kier alpha value is -3.16. The largest absolute Gasteiger partial charge is 0.489 e. The lowest BCUT2D eigenvalue weighted by Gasteiger charge is -2.20. The van der Waals surface area contributed by atoms with Gasteiger partial charge in [0.15, 0.2) is 0 Å². The highest BCUT2D eigenvalue weighted by molar-refractivity contribution is 5.86. The lowest BCUT2D eigenvalue weighted by Crippen LogP contribution is -2.43. The van der Waals surface area contributed by atoms with Gasteiger partial charge in [0.05, 0.1) is 25.2 Å². The number of benzene rings is 2. The molecule has 33 heavy (non-hydrogen) atoms. The summed E-state index contributed by atoms with van der Waals surface area (Å²) < 4.78 is 5.79. The molecule has 0 bridgehead atoms. The van der Waals surface area contributed by atoms with Crippen molar-refractivity contribution in [1.29, 1.82) is 0 Å². The summed E-state index contributed by atoms with van der Waals surface area (Å²) in [4.78, 5) is 24.9. The van der Waals surface area contributed by atoms with E-state index in [-0.39, 0.29) is 31.4 Å². The summed E-state index contributed by atoms with van der Waals surface area (Å²) in [5, 5.41) is 24.3. The van der Waals surface area contributed by atoms with Crippen LogP contribution in [0.3, 0.4) is 0 Å². The normalized spacial score (nSPS) is 13.4. The Bertz CT molecular complexity index is 870. The number of rotatable bonds is 14. The van der Waals surface area contributed by atoms with Crippen LogP contribution < -0.4 is 15.4 Å². The van der Waals surface area contributed by atoms with Crippen LogP contribution in [0.1, 0.15) is 30.9 Å². The fourth-order valence-corrected chi connectivity index (χ4v) is 3.31. The molecular weight excluding hydrogens is 420 g/mol. The molecule has 0 aromatic heterocycles. The number of ether oxygens (including phenoxy) is 1. The number of carbonyl (C=O) groups is 2. The van der Waals surface area contributed by atoms with Crippen LogP contribution in [0, 0.1) is 5.92 Å². The van der Waals surface area contributed by atoms with E-state index in [0.717, 1.165) is 16.9 Å². The van der Waals surface area contributed by atoms with Crippen LogP contribution in [-0.2, 0) is 22.6 Å². The second kappa shape index (κ2) is 14.1. The van der Waals surface area contributed by atoms with Gasteiger partial charge in [0.2, 0.25) is 11.8 Å². The van der Waals surface area contributed by atoms with Gasteiger partial charge in [-0.05, 0) is 43.0 Å². The van der Waals surface area contributed by atoms with Gasteiger partial charge in [-0.3, -0.25) is 9.59 Å². The molecule has 2 aromatic carbocycles. The van der Waals surface area contributed by atoms with Crippen molar-refractivity contribution in [3.05, 3.63) is 78.4 Å². The summed E-state index contributed by atoms with van der Waals surface area (Å²) in [5.41, 5.74) is 2.03. The average Bonchev–Trinajstić information content (AvgIpc) is 2.83. The van der Waals surface area contributed by atoms with E-state index in [1.54, 1.807) is 13.0 Å². The molecule has 2 aromatic rings. The highest BCUT2D eigenvalue weighted by Gasteiger charge is 2.23. The van der Waals surface area contributed by atoms with Gasteiger partial charge in [-0.1, -0.05) is 48.5 Å². The van der Waals surface area contributed by atoms with Crippen LogP contribution in [0.4, 0.5) is 0 Å². The summed E-state index contributed by atoms with van der Waals surface area (Å²) in [6.45, 7) is 5.41. The zero-order chi connectivity index (χ0) is 24.1. The molecule has 0 radical (unpaired) electrons. The third-order valence-electron chi connectivity index (χ3n) is 5.16. The lowest BCUT2D eigenvalue weighted by molar-refractivity contribution is -0.131. The zero-order valence-corrected chi connectivity index (χ0v) is 19.1. The molecule has 0 fully saturated rings. The second-order valence-corrected chi connectivity index (χ2v) is 8.09. The number of nitrogens with one attached hydrogen (secondary N) is 2. The van der Waals surface area contributed by atoms with Crippen LogP contribution in [0.15, 0.2) is 67.3 Å². The number of hydrogen-bond acceptors (Lipinski definition) is 5. The molecule has 0 aliphatic heterocycles. The first-order valence-electron chi connectivity index (χ1n) is 11.1. The summed E-state index contributed by atoms with van der Waals surface area (Å²) in [5.74, 6) is -0.479. The van der Waals surface area contributed by atoms with E-state index < -0.39 is 18.0 Å². The molecule has 3 unspecified atom stereocenters. The standard InChI is InChI=1S/C26H34N2O5/c1-3-7-22(26(32)27-19(2)16-29)15-25(31)28-23(17-30)14-20-10-12-24(13-11-20)33-18-21-8-5-4-6-9-21/h3-6,8-13,19,22-23,29-30H,1,7,14-18H2,2H3,(H,27,32)(H,28,31). The first-order chi connectivity index (χ1) is 15.9. The van der Waals surface area contributed by atoms with Gasteiger partial charge in [-0.2, -0.15) is 0 Å². The van der Waals surface area contributed by atoms with Crippen LogP contribution in [0.5, 0.6) is 5.75 Å². The minimum absolute atomic E-state index is 0.0290. The van der Waals surface area contributed by atoms with Crippen molar-refractivity contribution in [3.8, 4) is 5.75 Å². The molecular formula is C26H34N2O5. The van der Waals surface area contributed by atoms with E-state index >= 15 is 0 Å². The van der Waals surface area contributed by atoms with Crippen molar-refractivity contribution < 1.29 is 24.5 Å². The maximum Gasteiger partial charge on any atom is 0.224 e. The minimum atomic E-state index is -0.586. The number of amides is 2. The van der Waals surface area contributed by atoms with Gasteiger partial charge in [-0.25, -0.2) is 0 Å². The first-order valence-corrected chi connectivity index (χ1v) is 11.1. The smallest absolute Gasteiger partial charge is 0.224 e. The second-order valence-electron chi connectivity index (χ2n) is 8.09. The van der Waals surface area contributed by atoms with Crippen molar-refractivity contribution in [2.45, 2.75) is 44.9 Å². The molecule has 0 heterocycles. The maximum atomic E-state index is 12.5. The molecule has 2 rings (SSSR count). The van der Waals surface area contributed by atoms with Crippen LogP contribution in [0.2, 0.25) is 0 Å². The molecule has 0 saturated heterocycles. The van der Waals surface area contributed by atoms with Gasteiger partial charge in [-0.15, -0.1) is 6.58 Å². The molecule has 2 amide bonds. The number of allylic oxidation sites excluding steroid dienone is 1. The Morgan fingerprint density at radius 3 is 2.30 bits per heavy atom. The van der Waals surface area contributed by atoms with Gasteiger partial charge >= 0.3 is 0 Å². The van der Waals surface area contributed by atoms with Gasteiger partial charge < -0.3 is 25.6 Å². The first kappa shape index (κ1) is 26.1. The lowest BCUT2D eigenvalue weighted by atomic mass is 9.98. The van der Waals surface area contributed by atoms with E-state index in [0.29, 0.717) is 19.4 Å². The van der Waals surface area contributed by atoms with Crippen molar-refractivity contribution in [3.63, 3.8) is 0 Å². The molecule has 3 atom stereocenters.